The van der Waals surface area contributed by atoms with E-state index in [0.29, 0.717) is 30.0 Å². The lowest BCUT2D eigenvalue weighted by Crippen LogP contribution is -2.53. The summed E-state index contributed by atoms with van der Waals surface area (Å²) in [5.41, 5.74) is 1.64. The molecule has 0 saturated carbocycles. The molecule has 0 aromatic heterocycles. The second-order valence-corrected chi connectivity index (χ2v) is 5.23. The third-order valence-corrected chi connectivity index (χ3v) is 3.74. The average molecular weight is 296 g/mol. The Labute approximate surface area is 123 Å². The molecule has 0 aliphatic carbocycles. The first-order valence-corrected chi connectivity index (χ1v) is 6.99. The van der Waals surface area contributed by atoms with E-state index in [1.165, 1.54) is 6.07 Å². The molecule has 0 radical (unpaired) electrons. The maximum absolute atomic E-state index is 13.8. The Morgan fingerprint density at radius 2 is 2.29 bits per heavy atom. The van der Waals surface area contributed by atoms with Gasteiger partial charge in [-0.1, -0.05) is 0 Å². The average Bonchev–Trinajstić information content (AvgIpc) is 2.48. The van der Waals surface area contributed by atoms with Gasteiger partial charge >= 0.3 is 0 Å². The van der Waals surface area contributed by atoms with Gasteiger partial charge in [-0.25, -0.2) is 4.39 Å². The Kier molecular flexibility index (Phi) is 4.80. The highest BCUT2D eigenvalue weighted by Gasteiger charge is 2.31. The second kappa shape index (κ2) is 6.41. The fourth-order valence-corrected chi connectivity index (χ4v) is 2.54. The number of carbonyl (C=O) groups excluding carboxylic acids is 1. The van der Waals surface area contributed by atoms with Crippen LogP contribution in [0.15, 0.2) is 12.1 Å². The molecule has 1 aromatic carbocycles. The van der Waals surface area contributed by atoms with Crippen molar-refractivity contribution >= 4 is 11.6 Å². The van der Waals surface area contributed by atoms with Gasteiger partial charge in [0.05, 0.1) is 19.3 Å². The number of aliphatic hydroxyl groups excluding tert-OH is 1. The third kappa shape index (κ3) is 3.16. The summed E-state index contributed by atoms with van der Waals surface area (Å²) in [6.07, 6.45) is -0.816. The van der Waals surface area contributed by atoms with Crippen molar-refractivity contribution in [2.45, 2.75) is 26.0 Å². The van der Waals surface area contributed by atoms with Crippen LogP contribution in [0.5, 0.6) is 0 Å². The Hall–Kier alpha value is -1.66. The van der Waals surface area contributed by atoms with E-state index in [1.54, 1.807) is 27.0 Å². The number of nitrogens with zero attached hydrogens (tertiary/aromatic N) is 1. The summed E-state index contributed by atoms with van der Waals surface area (Å²) in [5.74, 6) is -0.521. The van der Waals surface area contributed by atoms with E-state index in [9.17, 15) is 14.3 Å². The highest BCUT2D eigenvalue weighted by Crippen LogP contribution is 2.31. The number of carbonyl (C=O) groups is 1. The normalized spacial score (nSPS) is 20.2. The number of benzene rings is 1. The molecule has 0 spiro atoms. The van der Waals surface area contributed by atoms with Crippen LogP contribution in [-0.4, -0.2) is 43.9 Å². The Morgan fingerprint density at radius 3 is 2.90 bits per heavy atom. The fraction of sp³-hybridized carbons (Fsp3) is 0.533. The lowest BCUT2D eigenvalue weighted by Gasteiger charge is -2.37. The van der Waals surface area contributed by atoms with Crippen molar-refractivity contribution in [1.82, 2.24) is 5.32 Å². The van der Waals surface area contributed by atoms with Crippen molar-refractivity contribution in [2.75, 3.05) is 31.7 Å². The molecular weight excluding hydrogens is 275 g/mol. The number of rotatable bonds is 3. The number of hydrogen-bond acceptors (Lipinski definition) is 4. The molecule has 116 valence electrons. The Balaban J connectivity index is 2.47. The zero-order valence-corrected chi connectivity index (χ0v) is 12.5. The summed E-state index contributed by atoms with van der Waals surface area (Å²) in [5, 5.41) is 12.5. The summed E-state index contributed by atoms with van der Waals surface area (Å²) < 4.78 is 19.1. The minimum Gasteiger partial charge on any atom is -0.389 e. The van der Waals surface area contributed by atoms with Gasteiger partial charge in [0.25, 0.3) is 0 Å². The van der Waals surface area contributed by atoms with Gasteiger partial charge in [-0.3, -0.25) is 4.79 Å². The number of halogens is 1. The van der Waals surface area contributed by atoms with Crippen LogP contribution in [0.3, 0.4) is 0 Å². The summed E-state index contributed by atoms with van der Waals surface area (Å²) in [4.78, 5) is 13.9. The van der Waals surface area contributed by atoms with E-state index in [-0.39, 0.29) is 18.3 Å². The molecule has 0 bridgehead atoms. The van der Waals surface area contributed by atoms with Gasteiger partial charge in [-0.15, -0.1) is 0 Å². The maximum atomic E-state index is 13.8. The lowest BCUT2D eigenvalue weighted by molar-refractivity contribution is -0.124. The molecule has 1 heterocycles. The van der Waals surface area contributed by atoms with Crippen LogP contribution in [0, 0.1) is 12.7 Å². The summed E-state index contributed by atoms with van der Waals surface area (Å²) in [6, 6.07) is 2.54. The zero-order chi connectivity index (χ0) is 15.6. The van der Waals surface area contributed by atoms with Crippen molar-refractivity contribution in [3.8, 4) is 0 Å². The molecule has 6 heteroatoms. The molecule has 1 amide bonds. The van der Waals surface area contributed by atoms with Crippen LogP contribution in [-0.2, 0) is 9.53 Å². The molecule has 1 aliphatic rings. The van der Waals surface area contributed by atoms with Crippen LogP contribution in [0.2, 0.25) is 0 Å². The molecule has 21 heavy (non-hydrogen) atoms. The SMILES string of the molecule is CNC(=O)C1COCCN1c1cc(C)c(F)cc1[C@H](C)O. The lowest BCUT2D eigenvalue weighted by atomic mass is 10.0. The summed E-state index contributed by atoms with van der Waals surface area (Å²) in [6.45, 7) is 4.53. The molecule has 1 saturated heterocycles. The van der Waals surface area contributed by atoms with E-state index < -0.39 is 12.1 Å². The van der Waals surface area contributed by atoms with E-state index in [4.69, 9.17) is 4.74 Å². The van der Waals surface area contributed by atoms with Crippen LogP contribution in [0.1, 0.15) is 24.2 Å². The first kappa shape index (κ1) is 15.7. The first-order chi connectivity index (χ1) is 9.95. The Morgan fingerprint density at radius 1 is 1.57 bits per heavy atom. The molecule has 1 aromatic rings. The number of amides is 1. The number of anilines is 1. The van der Waals surface area contributed by atoms with Crippen molar-refractivity contribution < 1.29 is 19.0 Å². The van der Waals surface area contributed by atoms with Crippen LogP contribution >= 0.6 is 0 Å². The highest BCUT2D eigenvalue weighted by atomic mass is 19.1. The second-order valence-electron chi connectivity index (χ2n) is 5.23. The highest BCUT2D eigenvalue weighted by molar-refractivity contribution is 5.85. The molecule has 2 rings (SSSR count). The van der Waals surface area contributed by atoms with E-state index in [1.807, 2.05) is 4.90 Å². The predicted molar refractivity (Wildman–Crippen MR) is 77.8 cm³/mol. The number of morpholine rings is 1. The quantitative estimate of drug-likeness (QED) is 0.878. The smallest absolute Gasteiger partial charge is 0.244 e. The van der Waals surface area contributed by atoms with E-state index in [0.717, 1.165) is 0 Å². The number of nitrogens with one attached hydrogen (secondary N) is 1. The van der Waals surface area contributed by atoms with Gasteiger partial charge in [-0.2, -0.15) is 0 Å². The number of aliphatic hydroxyl groups is 1. The van der Waals surface area contributed by atoms with Crippen molar-refractivity contribution in [3.63, 3.8) is 0 Å². The molecule has 2 N–H and O–H groups in total. The molecular formula is C15H21FN2O3. The van der Waals surface area contributed by atoms with E-state index >= 15 is 0 Å². The maximum Gasteiger partial charge on any atom is 0.244 e. The Bertz CT molecular complexity index is 534. The largest absolute Gasteiger partial charge is 0.389 e. The zero-order valence-electron chi connectivity index (χ0n) is 12.5. The van der Waals surface area contributed by atoms with Gasteiger partial charge in [0.2, 0.25) is 5.91 Å². The summed E-state index contributed by atoms with van der Waals surface area (Å²) in [7, 11) is 1.57. The molecule has 1 fully saturated rings. The van der Waals surface area contributed by atoms with Gasteiger partial charge < -0.3 is 20.1 Å². The van der Waals surface area contributed by atoms with Gasteiger partial charge in [0.1, 0.15) is 11.9 Å². The minimum absolute atomic E-state index is 0.159. The van der Waals surface area contributed by atoms with Crippen molar-refractivity contribution in [2.24, 2.45) is 0 Å². The van der Waals surface area contributed by atoms with Gasteiger partial charge in [-0.05, 0) is 31.5 Å². The van der Waals surface area contributed by atoms with Gasteiger partial charge in [0.15, 0.2) is 0 Å². The van der Waals surface area contributed by atoms with Crippen LogP contribution < -0.4 is 10.2 Å². The topological polar surface area (TPSA) is 61.8 Å². The van der Waals surface area contributed by atoms with Crippen LogP contribution in [0.4, 0.5) is 10.1 Å². The third-order valence-electron chi connectivity index (χ3n) is 3.74. The number of hydrogen-bond donors (Lipinski definition) is 2. The van der Waals surface area contributed by atoms with E-state index in [2.05, 4.69) is 5.32 Å². The van der Waals surface area contributed by atoms with Crippen molar-refractivity contribution in [3.05, 3.63) is 29.1 Å². The van der Waals surface area contributed by atoms with Crippen LogP contribution in [0.25, 0.3) is 0 Å². The fourth-order valence-electron chi connectivity index (χ4n) is 2.54. The standard InChI is InChI=1S/C15H21FN2O3/c1-9-6-13(11(10(2)19)7-12(9)16)18-4-5-21-8-14(18)15(20)17-3/h6-7,10,14,19H,4-5,8H2,1-3H3,(H,17,20)/t10-,14?/m0/s1. The monoisotopic (exact) mass is 296 g/mol. The minimum atomic E-state index is -0.816. The van der Waals surface area contributed by atoms with Gasteiger partial charge in [0, 0.05) is 24.8 Å². The summed E-state index contributed by atoms with van der Waals surface area (Å²) >= 11 is 0. The molecule has 1 aliphatic heterocycles. The number of likely N-dealkylation sites (N-methyl/N-ethyl adjacent to an activating group) is 1. The number of aryl methyl sites for hydroxylation is 1. The van der Waals surface area contributed by atoms with Crippen molar-refractivity contribution in [1.29, 1.82) is 0 Å². The molecule has 1 unspecified atom stereocenters. The molecule has 2 atom stereocenters. The predicted octanol–water partition coefficient (Wildman–Crippen LogP) is 1.14. The number of ether oxygens (including phenoxy) is 1. The first-order valence-electron chi connectivity index (χ1n) is 6.99. The molecule has 5 nitrogen and oxygen atoms in total.